The lowest BCUT2D eigenvalue weighted by molar-refractivity contribution is -0.117. The van der Waals surface area contributed by atoms with Crippen LogP contribution in [-0.2, 0) is 9.59 Å². The molecular weight excluding hydrogens is 434 g/mol. The van der Waals surface area contributed by atoms with Gasteiger partial charge in [-0.05, 0) is 61.4 Å². The number of hydrogen-bond donors (Lipinski definition) is 2. The van der Waals surface area contributed by atoms with Gasteiger partial charge in [0.25, 0.3) is 0 Å². The molecule has 2 aromatic rings. The van der Waals surface area contributed by atoms with E-state index in [-0.39, 0.29) is 17.6 Å². The highest BCUT2D eigenvalue weighted by molar-refractivity contribution is 9.10. The third-order valence-electron chi connectivity index (χ3n) is 3.97. The Morgan fingerprint density at radius 2 is 1.71 bits per heavy atom. The van der Waals surface area contributed by atoms with Gasteiger partial charge < -0.3 is 15.4 Å². The molecule has 0 aliphatic heterocycles. The Labute approximate surface area is 168 Å². The normalized spacial score (nSPS) is 13.6. The van der Waals surface area contributed by atoms with Gasteiger partial charge >= 0.3 is 6.61 Å². The second-order valence-electron chi connectivity index (χ2n) is 6.22. The Balaban J connectivity index is 1.60. The molecule has 0 saturated heterocycles. The number of carbonyl (C=O) groups is 2. The molecule has 1 aliphatic rings. The van der Waals surface area contributed by atoms with Crippen LogP contribution < -0.4 is 15.4 Å². The van der Waals surface area contributed by atoms with Crippen LogP contribution in [-0.4, -0.2) is 18.4 Å². The number of amides is 2. The third kappa shape index (κ3) is 5.88. The number of carbonyl (C=O) groups excluding carboxylic acids is 2. The molecule has 0 radical (unpaired) electrons. The molecule has 2 N–H and O–H groups in total. The van der Waals surface area contributed by atoms with Crippen molar-refractivity contribution in [3.63, 3.8) is 0 Å². The fourth-order valence-electron chi connectivity index (χ4n) is 2.43. The van der Waals surface area contributed by atoms with Crippen molar-refractivity contribution in [2.24, 2.45) is 5.92 Å². The Kier molecular flexibility index (Phi) is 6.41. The minimum Gasteiger partial charge on any atom is -0.434 e. The Morgan fingerprint density at radius 3 is 2.32 bits per heavy atom. The summed E-state index contributed by atoms with van der Waals surface area (Å²) in [5.41, 5.74) is 1.54. The molecule has 8 heteroatoms. The maximum Gasteiger partial charge on any atom is 0.387 e. The molecule has 0 aromatic heterocycles. The molecule has 0 atom stereocenters. The maximum atomic E-state index is 12.5. The number of anilines is 2. The predicted octanol–water partition coefficient (Wildman–Crippen LogP) is 5.05. The lowest BCUT2D eigenvalue weighted by Gasteiger charge is -2.08. The van der Waals surface area contributed by atoms with Crippen LogP contribution in [0.5, 0.6) is 5.75 Å². The molecule has 146 valence electrons. The van der Waals surface area contributed by atoms with Crippen molar-refractivity contribution in [1.82, 2.24) is 0 Å². The van der Waals surface area contributed by atoms with E-state index in [2.05, 4.69) is 31.3 Å². The fraction of sp³-hybridized carbons (Fsp3) is 0.200. The first-order valence-electron chi connectivity index (χ1n) is 8.55. The smallest absolute Gasteiger partial charge is 0.387 e. The van der Waals surface area contributed by atoms with Gasteiger partial charge in [-0.25, -0.2) is 0 Å². The summed E-state index contributed by atoms with van der Waals surface area (Å²) in [6, 6.07) is 11.3. The lowest BCUT2D eigenvalue weighted by Crippen LogP contribution is -2.13. The monoisotopic (exact) mass is 450 g/mol. The van der Waals surface area contributed by atoms with E-state index < -0.39 is 12.5 Å². The fourth-order valence-corrected chi connectivity index (χ4v) is 2.81. The average molecular weight is 451 g/mol. The molecule has 2 amide bonds. The van der Waals surface area contributed by atoms with Crippen molar-refractivity contribution in [3.05, 3.63) is 58.6 Å². The van der Waals surface area contributed by atoms with Gasteiger partial charge in [0, 0.05) is 33.4 Å². The molecule has 0 unspecified atom stereocenters. The van der Waals surface area contributed by atoms with E-state index in [1.54, 1.807) is 36.4 Å². The number of alkyl halides is 2. The van der Waals surface area contributed by atoms with E-state index in [0.29, 0.717) is 21.4 Å². The summed E-state index contributed by atoms with van der Waals surface area (Å²) in [7, 11) is 0. The van der Waals surface area contributed by atoms with Crippen LogP contribution in [0.3, 0.4) is 0 Å². The SMILES string of the molecule is O=C(/C=C/c1cc(Br)ccc1OC(F)F)Nc1ccc(NC(=O)C2CC2)cc1. The van der Waals surface area contributed by atoms with Crippen molar-refractivity contribution >= 4 is 45.2 Å². The molecule has 0 bridgehead atoms. The van der Waals surface area contributed by atoms with Gasteiger partial charge in [0.05, 0.1) is 0 Å². The van der Waals surface area contributed by atoms with Gasteiger partial charge in [-0.3, -0.25) is 9.59 Å². The van der Waals surface area contributed by atoms with Crippen LogP contribution in [0, 0.1) is 5.92 Å². The summed E-state index contributed by atoms with van der Waals surface area (Å²) in [5.74, 6) is -0.340. The van der Waals surface area contributed by atoms with Gasteiger partial charge in [-0.2, -0.15) is 8.78 Å². The zero-order chi connectivity index (χ0) is 20.1. The van der Waals surface area contributed by atoms with Gasteiger partial charge in [0.1, 0.15) is 5.75 Å². The minimum absolute atomic E-state index is 0.00978. The van der Waals surface area contributed by atoms with Crippen LogP contribution in [0.1, 0.15) is 18.4 Å². The summed E-state index contributed by atoms with van der Waals surface area (Å²) >= 11 is 3.25. The van der Waals surface area contributed by atoms with Gasteiger partial charge in [-0.1, -0.05) is 15.9 Å². The number of hydrogen-bond acceptors (Lipinski definition) is 3. The standard InChI is InChI=1S/C20H17BrF2N2O3/c21-14-4-9-17(28-20(22)23)13(11-14)3-10-18(26)24-15-5-7-16(8-6-15)25-19(27)12-1-2-12/h3-12,20H,1-2H2,(H,24,26)(H,25,27)/b10-3+. The predicted molar refractivity (Wildman–Crippen MR) is 106 cm³/mol. The molecule has 0 heterocycles. The molecule has 1 aliphatic carbocycles. The van der Waals surface area contributed by atoms with E-state index in [0.717, 1.165) is 12.8 Å². The van der Waals surface area contributed by atoms with Crippen LogP contribution in [0.15, 0.2) is 53.0 Å². The van der Waals surface area contributed by atoms with Crippen molar-refractivity contribution in [2.45, 2.75) is 19.5 Å². The summed E-state index contributed by atoms with van der Waals surface area (Å²) in [6.45, 7) is -2.96. The van der Waals surface area contributed by atoms with Crippen molar-refractivity contribution in [2.75, 3.05) is 10.6 Å². The molecule has 5 nitrogen and oxygen atoms in total. The Bertz CT molecular complexity index is 897. The second-order valence-corrected chi connectivity index (χ2v) is 7.14. The highest BCUT2D eigenvalue weighted by atomic mass is 79.9. The number of ether oxygens (including phenoxy) is 1. The maximum absolute atomic E-state index is 12.5. The second kappa shape index (κ2) is 8.97. The molecule has 1 fully saturated rings. The number of nitrogens with one attached hydrogen (secondary N) is 2. The number of rotatable bonds is 7. The zero-order valence-corrected chi connectivity index (χ0v) is 16.2. The molecule has 1 saturated carbocycles. The van der Waals surface area contributed by atoms with Crippen molar-refractivity contribution in [1.29, 1.82) is 0 Å². The van der Waals surface area contributed by atoms with Crippen LogP contribution in [0.2, 0.25) is 0 Å². The largest absolute Gasteiger partial charge is 0.434 e. The topological polar surface area (TPSA) is 67.4 Å². The van der Waals surface area contributed by atoms with E-state index in [4.69, 9.17) is 0 Å². The van der Waals surface area contributed by atoms with Crippen LogP contribution in [0.25, 0.3) is 6.08 Å². The quantitative estimate of drug-likeness (QED) is 0.579. The van der Waals surface area contributed by atoms with E-state index in [1.165, 1.54) is 18.2 Å². The zero-order valence-electron chi connectivity index (χ0n) is 14.6. The lowest BCUT2D eigenvalue weighted by atomic mass is 10.2. The van der Waals surface area contributed by atoms with E-state index in [9.17, 15) is 18.4 Å². The average Bonchev–Trinajstić information content (AvgIpc) is 3.48. The molecule has 28 heavy (non-hydrogen) atoms. The number of halogens is 3. The third-order valence-corrected chi connectivity index (χ3v) is 4.46. The Morgan fingerprint density at radius 1 is 1.07 bits per heavy atom. The minimum atomic E-state index is -2.96. The molecule has 0 spiro atoms. The number of benzene rings is 2. The van der Waals surface area contributed by atoms with Crippen molar-refractivity contribution < 1.29 is 23.1 Å². The first-order chi connectivity index (χ1) is 13.4. The molecule has 3 rings (SSSR count). The molecular formula is C20H17BrF2N2O3. The molecule has 2 aromatic carbocycles. The van der Waals surface area contributed by atoms with Crippen LogP contribution >= 0.6 is 15.9 Å². The first kappa shape index (κ1) is 20.0. The van der Waals surface area contributed by atoms with Crippen LogP contribution in [0.4, 0.5) is 20.2 Å². The summed E-state index contributed by atoms with van der Waals surface area (Å²) in [5, 5.41) is 5.48. The van der Waals surface area contributed by atoms with Crippen molar-refractivity contribution in [3.8, 4) is 5.75 Å². The summed E-state index contributed by atoms with van der Waals surface area (Å²) in [6.07, 6.45) is 4.47. The summed E-state index contributed by atoms with van der Waals surface area (Å²) < 4.78 is 30.1. The Hall–Kier alpha value is -2.74. The first-order valence-corrected chi connectivity index (χ1v) is 9.34. The highest BCUT2D eigenvalue weighted by Crippen LogP contribution is 2.30. The van der Waals surface area contributed by atoms with Gasteiger partial charge in [0.2, 0.25) is 11.8 Å². The van der Waals surface area contributed by atoms with Gasteiger partial charge in [0.15, 0.2) is 0 Å². The van der Waals surface area contributed by atoms with E-state index in [1.807, 2.05) is 0 Å². The van der Waals surface area contributed by atoms with Gasteiger partial charge in [-0.15, -0.1) is 0 Å². The van der Waals surface area contributed by atoms with E-state index >= 15 is 0 Å². The summed E-state index contributed by atoms with van der Waals surface area (Å²) in [4.78, 5) is 23.8. The highest BCUT2D eigenvalue weighted by Gasteiger charge is 2.29.